The molecule has 2 nitrogen and oxygen atoms in total. The third kappa shape index (κ3) is 1.70. The van der Waals surface area contributed by atoms with Crippen LogP contribution >= 0.6 is 11.8 Å². The summed E-state index contributed by atoms with van der Waals surface area (Å²) in [5.74, 6) is 0. The fourth-order valence-corrected chi connectivity index (χ4v) is 1.81. The highest BCUT2D eigenvalue weighted by Crippen LogP contribution is 2.31. The zero-order chi connectivity index (χ0) is 9.10. The third-order valence-electron chi connectivity index (χ3n) is 1.67. The molecule has 0 unspecified atom stereocenters. The first-order valence-corrected chi connectivity index (χ1v) is 4.74. The molecule has 1 aromatic rings. The summed E-state index contributed by atoms with van der Waals surface area (Å²) in [5, 5.41) is 1.87. The van der Waals surface area contributed by atoms with Gasteiger partial charge in [-0.3, -0.25) is 4.79 Å². The SMILES string of the molecule is O=CC1=Nc2ccccc2SC=C1. The highest BCUT2D eigenvalue weighted by Gasteiger charge is 2.03. The minimum absolute atomic E-state index is 0.470. The Bertz CT molecular complexity index is 396. The number of hydrogen-bond acceptors (Lipinski definition) is 3. The predicted octanol–water partition coefficient (Wildman–Crippen LogP) is 2.58. The van der Waals surface area contributed by atoms with Crippen molar-refractivity contribution in [1.82, 2.24) is 0 Å². The molecule has 0 fully saturated rings. The van der Waals surface area contributed by atoms with E-state index in [1.54, 1.807) is 17.8 Å². The van der Waals surface area contributed by atoms with E-state index in [4.69, 9.17) is 0 Å². The summed E-state index contributed by atoms with van der Waals surface area (Å²) < 4.78 is 0. The molecule has 1 heterocycles. The molecule has 0 saturated carbocycles. The first-order chi connectivity index (χ1) is 6.40. The van der Waals surface area contributed by atoms with Crippen LogP contribution in [0.2, 0.25) is 0 Å². The van der Waals surface area contributed by atoms with Crippen molar-refractivity contribution in [2.75, 3.05) is 0 Å². The zero-order valence-corrected chi connectivity index (χ0v) is 7.62. The molecule has 0 amide bonds. The van der Waals surface area contributed by atoms with Crippen LogP contribution in [0.25, 0.3) is 0 Å². The van der Waals surface area contributed by atoms with Gasteiger partial charge < -0.3 is 0 Å². The van der Waals surface area contributed by atoms with Crippen LogP contribution in [0, 0.1) is 0 Å². The molecule has 1 aliphatic rings. The molecule has 3 heteroatoms. The summed E-state index contributed by atoms with van der Waals surface area (Å²) >= 11 is 1.57. The van der Waals surface area contributed by atoms with Gasteiger partial charge in [0.1, 0.15) is 5.71 Å². The summed E-state index contributed by atoms with van der Waals surface area (Å²) in [5.41, 5.74) is 1.33. The van der Waals surface area contributed by atoms with Crippen LogP contribution in [-0.4, -0.2) is 12.0 Å². The van der Waals surface area contributed by atoms with E-state index < -0.39 is 0 Å². The smallest absolute Gasteiger partial charge is 0.168 e. The maximum atomic E-state index is 10.5. The number of hydrogen-bond donors (Lipinski definition) is 0. The van der Waals surface area contributed by atoms with Gasteiger partial charge in [0.05, 0.1) is 5.69 Å². The minimum atomic E-state index is 0.470. The molecular formula is C10H7NOS. The minimum Gasteiger partial charge on any atom is -0.296 e. The Morgan fingerprint density at radius 2 is 2.15 bits per heavy atom. The topological polar surface area (TPSA) is 29.4 Å². The molecule has 1 aromatic carbocycles. The van der Waals surface area contributed by atoms with E-state index in [9.17, 15) is 4.79 Å². The molecule has 0 aliphatic carbocycles. The van der Waals surface area contributed by atoms with Gasteiger partial charge in [-0.25, -0.2) is 4.99 Å². The van der Waals surface area contributed by atoms with Crippen molar-refractivity contribution in [3.8, 4) is 0 Å². The number of para-hydroxylation sites is 1. The monoisotopic (exact) mass is 189 g/mol. The molecule has 13 heavy (non-hydrogen) atoms. The highest BCUT2D eigenvalue weighted by atomic mass is 32.2. The van der Waals surface area contributed by atoms with Crippen LogP contribution in [0.15, 0.2) is 45.6 Å². The molecule has 0 N–H and O–H groups in total. The lowest BCUT2D eigenvalue weighted by Gasteiger charge is -1.98. The molecule has 0 saturated heterocycles. The number of aliphatic imine (C=N–C) groups is 1. The predicted molar refractivity (Wildman–Crippen MR) is 54.6 cm³/mol. The molecule has 0 aromatic heterocycles. The molecule has 0 atom stereocenters. The van der Waals surface area contributed by atoms with E-state index >= 15 is 0 Å². The maximum absolute atomic E-state index is 10.5. The van der Waals surface area contributed by atoms with Crippen molar-refractivity contribution in [3.05, 3.63) is 35.7 Å². The average Bonchev–Trinajstić information content (AvgIpc) is 2.38. The third-order valence-corrected chi connectivity index (χ3v) is 2.54. The van der Waals surface area contributed by atoms with E-state index in [-0.39, 0.29) is 0 Å². The largest absolute Gasteiger partial charge is 0.296 e. The van der Waals surface area contributed by atoms with Crippen molar-refractivity contribution >= 4 is 29.4 Å². The Morgan fingerprint density at radius 1 is 1.31 bits per heavy atom. The molecule has 1 aliphatic heterocycles. The second-order valence-corrected chi connectivity index (χ2v) is 3.49. The Labute approximate surface area is 80.4 Å². The number of benzene rings is 1. The van der Waals surface area contributed by atoms with Gasteiger partial charge in [0, 0.05) is 4.90 Å². The maximum Gasteiger partial charge on any atom is 0.168 e. The van der Waals surface area contributed by atoms with Gasteiger partial charge in [0.2, 0.25) is 0 Å². The Morgan fingerprint density at radius 3 is 3.00 bits per heavy atom. The quantitative estimate of drug-likeness (QED) is 0.635. The standard InChI is InChI=1S/C10H7NOS/c12-7-8-5-6-13-10-4-2-1-3-9(10)11-8/h1-7H. The fourth-order valence-electron chi connectivity index (χ4n) is 1.07. The van der Waals surface area contributed by atoms with E-state index in [0.717, 1.165) is 16.9 Å². The second kappa shape index (κ2) is 3.58. The Kier molecular flexibility index (Phi) is 2.27. The van der Waals surface area contributed by atoms with Gasteiger partial charge in [-0.1, -0.05) is 23.9 Å². The highest BCUT2D eigenvalue weighted by molar-refractivity contribution is 8.02. The van der Waals surface area contributed by atoms with Gasteiger partial charge in [0.25, 0.3) is 0 Å². The zero-order valence-electron chi connectivity index (χ0n) is 6.81. The lowest BCUT2D eigenvalue weighted by atomic mass is 10.3. The Hall–Kier alpha value is -1.35. The van der Waals surface area contributed by atoms with Crippen LogP contribution in [0.3, 0.4) is 0 Å². The first-order valence-electron chi connectivity index (χ1n) is 3.86. The molecule has 0 spiro atoms. The van der Waals surface area contributed by atoms with Crippen molar-refractivity contribution in [2.24, 2.45) is 4.99 Å². The number of allylic oxidation sites excluding steroid dienone is 1. The molecule has 0 bridgehead atoms. The molecule has 2 rings (SSSR count). The summed E-state index contributed by atoms with van der Waals surface area (Å²) in [6.45, 7) is 0. The van der Waals surface area contributed by atoms with E-state index in [1.807, 2.05) is 29.7 Å². The van der Waals surface area contributed by atoms with Crippen LogP contribution in [-0.2, 0) is 4.79 Å². The average molecular weight is 189 g/mol. The number of aldehydes is 1. The van der Waals surface area contributed by atoms with Gasteiger partial charge in [-0.15, -0.1) is 0 Å². The van der Waals surface area contributed by atoms with Crippen molar-refractivity contribution in [3.63, 3.8) is 0 Å². The molecule has 64 valence electrons. The summed E-state index contributed by atoms with van der Waals surface area (Å²) in [4.78, 5) is 15.8. The Balaban J connectivity index is 2.53. The number of carbonyl (C=O) groups excluding carboxylic acids is 1. The van der Waals surface area contributed by atoms with Crippen LogP contribution in [0.1, 0.15) is 0 Å². The molecule has 0 radical (unpaired) electrons. The lowest BCUT2D eigenvalue weighted by Crippen LogP contribution is -1.91. The van der Waals surface area contributed by atoms with E-state index in [2.05, 4.69) is 4.99 Å². The van der Waals surface area contributed by atoms with Crippen molar-refractivity contribution in [1.29, 1.82) is 0 Å². The number of rotatable bonds is 1. The van der Waals surface area contributed by atoms with Crippen LogP contribution < -0.4 is 0 Å². The van der Waals surface area contributed by atoms with Crippen molar-refractivity contribution < 1.29 is 4.79 Å². The van der Waals surface area contributed by atoms with Gasteiger partial charge in [0.15, 0.2) is 6.29 Å². The fraction of sp³-hybridized carbons (Fsp3) is 0. The number of nitrogens with zero attached hydrogens (tertiary/aromatic N) is 1. The van der Waals surface area contributed by atoms with E-state index in [0.29, 0.717) is 5.71 Å². The van der Waals surface area contributed by atoms with Gasteiger partial charge >= 0.3 is 0 Å². The first kappa shape index (κ1) is 8.26. The summed E-state index contributed by atoms with van der Waals surface area (Å²) in [6, 6.07) is 7.76. The van der Waals surface area contributed by atoms with Gasteiger partial charge in [-0.05, 0) is 23.6 Å². The van der Waals surface area contributed by atoms with Crippen LogP contribution in [0.4, 0.5) is 5.69 Å². The molecular weight excluding hydrogens is 182 g/mol. The number of fused-ring (bicyclic) bond motifs is 1. The normalized spacial score (nSPS) is 14.3. The lowest BCUT2D eigenvalue weighted by molar-refractivity contribution is -0.102. The summed E-state index contributed by atoms with van der Waals surface area (Å²) in [6.07, 6.45) is 2.48. The van der Waals surface area contributed by atoms with E-state index in [1.165, 1.54) is 0 Å². The number of thioether (sulfide) groups is 1. The second-order valence-electron chi connectivity index (χ2n) is 2.54. The number of carbonyl (C=O) groups is 1. The van der Waals surface area contributed by atoms with Gasteiger partial charge in [-0.2, -0.15) is 0 Å². The van der Waals surface area contributed by atoms with Crippen LogP contribution in [0.5, 0.6) is 0 Å². The summed E-state index contributed by atoms with van der Waals surface area (Å²) in [7, 11) is 0. The van der Waals surface area contributed by atoms with Crippen molar-refractivity contribution in [2.45, 2.75) is 4.90 Å².